The van der Waals surface area contributed by atoms with E-state index in [-0.39, 0.29) is 11.8 Å². The Balaban J connectivity index is 1.45. The molecule has 1 unspecified atom stereocenters. The van der Waals surface area contributed by atoms with Crippen LogP contribution in [0.2, 0.25) is 5.02 Å². The first-order valence-electron chi connectivity index (χ1n) is 9.34. The molecule has 0 spiro atoms. The van der Waals surface area contributed by atoms with Crippen LogP contribution in [0.3, 0.4) is 0 Å². The third-order valence-corrected chi connectivity index (χ3v) is 5.45. The van der Waals surface area contributed by atoms with E-state index < -0.39 is 0 Å². The third-order valence-electron chi connectivity index (χ3n) is 5.08. The van der Waals surface area contributed by atoms with Crippen molar-refractivity contribution in [3.8, 4) is 0 Å². The highest BCUT2D eigenvalue weighted by atomic mass is 35.5. The second-order valence-corrected chi connectivity index (χ2v) is 7.48. The van der Waals surface area contributed by atoms with Crippen LogP contribution in [0.4, 0.5) is 0 Å². The quantitative estimate of drug-likeness (QED) is 0.796. The molecule has 2 heterocycles. The number of rotatable bonds is 6. The van der Waals surface area contributed by atoms with Crippen molar-refractivity contribution in [1.29, 1.82) is 0 Å². The number of nitrogens with zero attached hydrogens (tertiary/aromatic N) is 2. The van der Waals surface area contributed by atoms with Gasteiger partial charge in [0.1, 0.15) is 0 Å². The van der Waals surface area contributed by atoms with Gasteiger partial charge in [0, 0.05) is 36.8 Å². The molecule has 144 valence electrons. The zero-order valence-electron chi connectivity index (χ0n) is 15.5. The average Bonchev–Trinajstić information content (AvgIpc) is 3.11. The number of nitrogens with one attached hydrogen (secondary N) is 2. The minimum atomic E-state index is 0.0176. The Morgan fingerprint density at radius 2 is 2.19 bits per heavy atom. The summed E-state index contributed by atoms with van der Waals surface area (Å²) in [6.45, 7) is 3.75. The Bertz CT molecular complexity index is 805. The molecule has 0 bridgehead atoms. The Hall–Kier alpha value is -2.34. The molecule has 1 atom stereocenters. The highest BCUT2D eigenvalue weighted by molar-refractivity contribution is 6.31. The van der Waals surface area contributed by atoms with Crippen molar-refractivity contribution in [3.05, 3.63) is 52.3 Å². The van der Waals surface area contributed by atoms with E-state index in [1.54, 1.807) is 6.20 Å². The Labute approximate surface area is 164 Å². The van der Waals surface area contributed by atoms with Crippen LogP contribution in [0, 0.1) is 12.8 Å². The van der Waals surface area contributed by atoms with Crippen molar-refractivity contribution >= 4 is 23.4 Å². The fourth-order valence-electron chi connectivity index (χ4n) is 3.48. The minimum absolute atomic E-state index is 0.0176. The van der Waals surface area contributed by atoms with E-state index in [2.05, 4.69) is 15.5 Å². The number of aromatic nitrogens is 2. The van der Waals surface area contributed by atoms with Gasteiger partial charge in [-0.05, 0) is 43.7 Å². The summed E-state index contributed by atoms with van der Waals surface area (Å²) < 4.78 is 0. The molecule has 1 aliphatic heterocycles. The van der Waals surface area contributed by atoms with Crippen LogP contribution in [0.5, 0.6) is 0 Å². The number of benzene rings is 1. The lowest BCUT2D eigenvalue weighted by Crippen LogP contribution is -2.40. The third kappa shape index (κ3) is 5.10. The van der Waals surface area contributed by atoms with Gasteiger partial charge in [-0.2, -0.15) is 5.10 Å². The molecule has 3 rings (SSSR count). The zero-order valence-corrected chi connectivity index (χ0v) is 16.3. The summed E-state index contributed by atoms with van der Waals surface area (Å²) in [5.74, 6) is 0.388. The van der Waals surface area contributed by atoms with Crippen LogP contribution >= 0.6 is 11.6 Å². The lowest BCUT2D eigenvalue weighted by molar-refractivity contribution is -0.121. The van der Waals surface area contributed by atoms with Crippen LogP contribution < -0.4 is 5.32 Å². The van der Waals surface area contributed by atoms with Crippen LogP contribution in [0.25, 0.3) is 0 Å². The molecular weight excluding hydrogens is 364 g/mol. The average molecular weight is 389 g/mol. The largest absolute Gasteiger partial charge is 0.352 e. The van der Waals surface area contributed by atoms with Gasteiger partial charge in [0.15, 0.2) is 0 Å². The van der Waals surface area contributed by atoms with E-state index >= 15 is 0 Å². The Morgan fingerprint density at radius 3 is 2.93 bits per heavy atom. The molecule has 0 aliphatic carbocycles. The van der Waals surface area contributed by atoms with Gasteiger partial charge in [-0.25, -0.2) is 0 Å². The maximum Gasteiger partial charge on any atom is 0.257 e. The topological polar surface area (TPSA) is 78.1 Å². The van der Waals surface area contributed by atoms with Gasteiger partial charge < -0.3 is 10.2 Å². The zero-order chi connectivity index (χ0) is 19.2. The van der Waals surface area contributed by atoms with E-state index in [0.29, 0.717) is 36.0 Å². The van der Waals surface area contributed by atoms with Gasteiger partial charge in [-0.1, -0.05) is 29.8 Å². The highest BCUT2D eigenvalue weighted by Gasteiger charge is 2.26. The molecule has 0 radical (unpaired) electrons. The second-order valence-electron chi connectivity index (χ2n) is 7.07. The van der Waals surface area contributed by atoms with Crippen molar-refractivity contribution in [2.24, 2.45) is 5.92 Å². The molecule has 2 amide bonds. The summed E-state index contributed by atoms with van der Waals surface area (Å²) in [5.41, 5.74) is 2.34. The van der Waals surface area contributed by atoms with Crippen LogP contribution in [0.1, 0.15) is 47.3 Å². The van der Waals surface area contributed by atoms with Gasteiger partial charge in [0.2, 0.25) is 5.91 Å². The number of amides is 2. The van der Waals surface area contributed by atoms with Crippen LogP contribution in [-0.2, 0) is 11.3 Å². The summed E-state index contributed by atoms with van der Waals surface area (Å²) in [6.07, 6.45) is 4.84. The SMILES string of the molecule is Cc1[nH]ncc1C(=O)N1CCCC(CCC(=O)NCc2ccccc2Cl)C1. The smallest absolute Gasteiger partial charge is 0.257 e. The monoisotopic (exact) mass is 388 g/mol. The van der Waals surface area contributed by atoms with Gasteiger partial charge in [0.25, 0.3) is 5.91 Å². The molecule has 2 aromatic rings. The number of hydrogen-bond acceptors (Lipinski definition) is 3. The lowest BCUT2D eigenvalue weighted by Gasteiger charge is -2.32. The van der Waals surface area contributed by atoms with E-state index in [1.165, 1.54) is 0 Å². The number of likely N-dealkylation sites (tertiary alicyclic amines) is 1. The van der Waals surface area contributed by atoms with Gasteiger partial charge in [-0.3, -0.25) is 14.7 Å². The fraction of sp³-hybridized carbons (Fsp3) is 0.450. The Kier molecular flexibility index (Phi) is 6.50. The molecule has 1 fully saturated rings. The molecular formula is C20H25ClN4O2. The predicted molar refractivity (Wildman–Crippen MR) is 104 cm³/mol. The van der Waals surface area contributed by atoms with Gasteiger partial charge in [0.05, 0.1) is 11.8 Å². The molecule has 2 N–H and O–H groups in total. The maximum atomic E-state index is 12.6. The summed E-state index contributed by atoms with van der Waals surface area (Å²) in [5, 5.41) is 10.3. The first-order chi connectivity index (χ1) is 13.0. The van der Waals surface area contributed by atoms with Crippen molar-refractivity contribution < 1.29 is 9.59 Å². The molecule has 1 aliphatic rings. The summed E-state index contributed by atoms with van der Waals surface area (Å²) >= 11 is 6.11. The predicted octanol–water partition coefficient (Wildman–Crippen LogP) is 3.32. The molecule has 27 heavy (non-hydrogen) atoms. The van der Waals surface area contributed by atoms with Crippen molar-refractivity contribution in [2.45, 2.75) is 39.2 Å². The summed E-state index contributed by atoms with van der Waals surface area (Å²) in [4.78, 5) is 26.7. The number of aryl methyl sites for hydroxylation is 1. The molecule has 7 heteroatoms. The molecule has 6 nitrogen and oxygen atoms in total. The van der Waals surface area contributed by atoms with Crippen molar-refractivity contribution in [1.82, 2.24) is 20.4 Å². The lowest BCUT2D eigenvalue weighted by atomic mass is 9.93. The molecule has 1 aromatic carbocycles. The van der Waals surface area contributed by atoms with E-state index in [0.717, 1.165) is 37.1 Å². The number of piperidine rings is 1. The molecule has 0 saturated carbocycles. The van der Waals surface area contributed by atoms with Crippen LogP contribution in [0.15, 0.2) is 30.5 Å². The Morgan fingerprint density at radius 1 is 1.37 bits per heavy atom. The highest BCUT2D eigenvalue weighted by Crippen LogP contribution is 2.23. The number of aromatic amines is 1. The first kappa shape index (κ1) is 19.4. The standard InChI is InChI=1S/C20H25ClN4O2/c1-14-17(12-23-24-14)20(27)25-10-4-5-15(13-25)8-9-19(26)22-11-16-6-2-3-7-18(16)21/h2-3,6-7,12,15H,4-5,8-11,13H2,1H3,(H,22,26)(H,23,24). The number of H-pyrrole nitrogens is 1. The number of carbonyl (C=O) groups excluding carboxylic acids is 2. The normalized spacial score (nSPS) is 17.0. The van der Waals surface area contributed by atoms with Crippen molar-refractivity contribution in [2.75, 3.05) is 13.1 Å². The minimum Gasteiger partial charge on any atom is -0.352 e. The summed E-state index contributed by atoms with van der Waals surface area (Å²) in [7, 11) is 0. The van der Waals surface area contributed by atoms with Gasteiger partial charge >= 0.3 is 0 Å². The van der Waals surface area contributed by atoms with E-state index in [1.807, 2.05) is 36.1 Å². The van der Waals surface area contributed by atoms with Crippen molar-refractivity contribution in [3.63, 3.8) is 0 Å². The van der Waals surface area contributed by atoms with E-state index in [4.69, 9.17) is 11.6 Å². The fourth-order valence-corrected chi connectivity index (χ4v) is 3.68. The summed E-state index contributed by atoms with van der Waals surface area (Å²) in [6, 6.07) is 7.50. The first-order valence-corrected chi connectivity index (χ1v) is 9.71. The number of halogens is 1. The van der Waals surface area contributed by atoms with Gasteiger partial charge in [-0.15, -0.1) is 0 Å². The molecule has 1 aromatic heterocycles. The maximum absolute atomic E-state index is 12.6. The number of carbonyl (C=O) groups is 2. The molecule has 1 saturated heterocycles. The second kappa shape index (κ2) is 9.04. The number of hydrogen-bond donors (Lipinski definition) is 2. The van der Waals surface area contributed by atoms with Crippen LogP contribution in [-0.4, -0.2) is 40.0 Å². The van der Waals surface area contributed by atoms with E-state index in [9.17, 15) is 9.59 Å².